The van der Waals surface area contributed by atoms with E-state index in [0.29, 0.717) is 0 Å². The van der Waals surface area contributed by atoms with Crippen LogP contribution in [0.1, 0.15) is 40.5 Å². The molecule has 5 amide bonds. The van der Waals surface area contributed by atoms with Crippen LogP contribution in [0.25, 0.3) is 0 Å². The largest absolute Gasteiger partial charge is 0.480 e. The van der Waals surface area contributed by atoms with Crippen LogP contribution in [0.5, 0.6) is 0 Å². The summed E-state index contributed by atoms with van der Waals surface area (Å²) in [4.78, 5) is 92.3. The van der Waals surface area contributed by atoms with Crippen LogP contribution >= 0.6 is 14.7 Å². The Bertz CT molecular complexity index is 1080. The lowest BCUT2D eigenvalue weighted by Crippen LogP contribution is -2.58. The van der Waals surface area contributed by atoms with Crippen molar-refractivity contribution < 1.29 is 52.8 Å². The first kappa shape index (κ1) is 38.2. The fourth-order valence-electron chi connectivity index (χ4n) is 3.01. The highest BCUT2D eigenvalue weighted by Gasteiger charge is 2.30. The summed E-state index contributed by atoms with van der Waals surface area (Å²) in [5.41, 5.74) is 5.69. The van der Waals surface area contributed by atoms with E-state index in [2.05, 4.69) is 26.6 Å². The molecule has 0 fully saturated rings. The Kier molecular flexibility index (Phi) is 15.4. The molecular weight excluding hydrogens is 586 g/mol. The van der Waals surface area contributed by atoms with Crippen LogP contribution in [0.3, 0.4) is 0 Å². The second-order valence-electron chi connectivity index (χ2n) is 10.1. The standard InChI is InChI=1S/C22H42N6O11P2/c1-11(25-20(32)15(23)7-9-40(5,36)37)17(29)24-13(3)19(31)28-16(8-10-41(6,38)39)21(33)26-12(2)18(30)27-14(4)22(34)35/h11-16H,7-10,23H2,1-6H3,(H,24,29)(H,25,32)(H,26,33)(H,27,30)(H,28,31)(H,34,35)(H,36,37)(H,38,39)/t11-,12-,13-,14-,15-,16-/m0/s1. The molecule has 8 atom stereocenters. The van der Waals surface area contributed by atoms with Crippen LogP contribution in [0.2, 0.25) is 0 Å². The van der Waals surface area contributed by atoms with Crippen molar-refractivity contribution in [3.63, 3.8) is 0 Å². The third-order valence-electron chi connectivity index (χ3n) is 5.64. The number of aliphatic carboxylic acids is 1. The molecule has 0 heterocycles. The van der Waals surface area contributed by atoms with Gasteiger partial charge in [-0.25, -0.2) is 0 Å². The summed E-state index contributed by atoms with van der Waals surface area (Å²) >= 11 is 0. The minimum Gasteiger partial charge on any atom is -0.480 e. The highest BCUT2D eigenvalue weighted by molar-refractivity contribution is 7.57. The van der Waals surface area contributed by atoms with Gasteiger partial charge in [-0.15, -0.1) is 0 Å². The Labute approximate surface area is 238 Å². The predicted molar refractivity (Wildman–Crippen MR) is 148 cm³/mol. The number of carboxylic acid groups (broad SMARTS) is 1. The third kappa shape index (κ3) is 16.3. The molecule has 0 rings (SSSR count). The molecule has 0 radical (unpaired) electrons. The Morgan fingerprint density at radius 1 is 0.610 bits per heavy atom. The number of nitrogens with two attached hydrogens (primary N) is 1. The van der Waals surface area contributed by atoms with Gasteiger partial charge in [0, 0.05) is 25.7 Å². The maximum Gasteiger partial charge on any atom is 0.325 e. The topological polar surface area (TPSA) is 283 Å². The molecule has 19 heteroatoms. The van der Waals surface area contributed by atoms with Gasteiger partial charge >= 0.3 is 5.97 Å². The number of nitrogens with one attached hydrogen (secondary N) is 5. The SMILES string of the molecule is C[C@H](NC(=O)[C@H](C)NC(=O)[C@H](CCP(C)(=O)O)NC(=O)[C@H](C)NC(=O)[C@H](C)NC(=O)[C@@H](N)CCP(C)(=O)O)C(=O)O. The number of carbonyl (C=O) groups excluding carboxylic acids is 5. The van der Waals surface area contributed by atoms with E-state index >= 15 is 0 Å². The maximum absolute atomic E-state index is 12.8. The molecule has 2 unspecified atom stereocenters. The van der Waals surface area contributed by atoms with Crippen molar-refractivity contribution in [1.82, 2.24) is 26.6 Å². The zero-order valence-electron chi connectivity index (χ0n) is 23.9. The Hall–Kier alpha value is -2.84. The first-order chi connectivity index (χ1) is 18.5. The van der Waals surface area contributed by atoms with Gasteiger partial charge in [-0.2, -0.15) is 0 Å². The van der Waals surface area contributed by atoms with Gasteiger partial charge in [0.1, 0.15) is 30.2 Å². The number of rotatable bonds is 17. The first-order valence-corrected chi connectivity index (χ1v) is 17.2. The molecule has 0 aromatic rings. The van der Waals surface area contributed by atoms with E-state index in [1.165, 1.54) is 27.7 Å². The van der Waals surface area contributed by atoms with Crippen LogP contribution in [0.15, 0.2) is 0 Å². The molecule has 0 saturated carbocycles. The monoisotopic (exact) mass is 628 g/mol. The van der Waals surface area contributed by atoms with Crippen LogP contribution in [0, 0.1) is 0 Å². The smallest absolute Gasteiger partial charge is 0.325 e. The number of hydrogen-bond acceptors (Lipinski definition) is 9. The van der Waals surface area contributed by atoms with Gasteiger partial charge in [0.25, 0.3) is 0 Å². The fraction of sp³-hybridized carbons (Fsp3) is 0.727. The van der Waals surface area contributed by atoms with Gasteiger partial charge in [-0.3, -0.25) is 37.9 Å². The van der Waals surface area contributed by atoms with Crippen molar-refractivity contribution in [2.75, 3.05) is 25.7 Å². The molecule has 0 saturated heterocycles. The molecule has 0 aliphatic carbocycles. The van der Waals surface area contributed by atoms with Crippen molar-refractivity contribution in [2.45, 2.75) is 76.8 Å². The Balaban J connectivity index is 5.25. The molecule has 17 nitrogen and oxygen atoms in total. The van der Waals surface area contributed by atoms with Gasteiger partial charge in [0.05, 0.1) is 6.04 Å². The van der Waals surface area contributed by atoms with Crippen molar-refractivity contribution in [2.24, 2.45) is 5.73 Å². The molecule has 10 N–H and O–H groups in total. The van der Waals surface area contributed by atoms with E-state index in [-0.39, 0.29) is 25.2 Å². The van der Waals surface area contributed by atoms with Crippen molar-refractivity contribution in [3.8, 4) is 0 Å². The summed E-state index contributed by atoms with van der Waals surface area (Å²) in [6, 6.07) is -7.40. The van der Waals surface area contributed by atoms with Gasteiger partial charge in [0.2, 0.25) is 29.5 Å². The van der Waals surface area contributed by atoms with Crippen molar-refractivity contribution >= 4 is 50.2 Å². The zero-order valence-corrected chi connectivity index (χ0v) is 25.7. The molecule has 41 heavy (non-hydrogen) atoms. The molecule has 0 spiro atoms. The molecule has 0 bridgehead atoms. The summed E-state index contributed by atoms with van der Waals surface area (Å²) in [6.45, 7) is 7.27. The summed E-state index contributed by atoms with van der Waals surface area (Å²) in [7, 11) is -6.99. The first-order valence-electron chi connectivity index (χ1n) is 12.6. The number of carboxylic acids is 1. The Morgan fingerprint density at radius 3 is 1.37 bits per heavy atom. The van der Waals surface area contributed by atoms with Crippen molar-refractivity contribution in [1.29, 1.82) is 0 Å². The number of amides is 5. The van der Waals surface area contributed by atoms with Crippen LogP contribution in [-0.4, -0.2) is 112 Å². The molecular formula is C22H42N6O11P2. The van der Waals surface area contributed by atoms with Crippen LogP contribution in [-0.2, 0) is 37.9 Å². The summed E-state index contributed by atoms with van der Waals surface area (Å²) in [5, 5.41) is 20.4. The third-order valence-corrected chi connectivity index (χ3v) is 7.82. The van der Waals surface area contributed by atoms with E-state index in [4.69, 9.17) is 10.8 Å². The quantitative estimate of drug-likeness (QED) is 0.0755. The van der Waals surface area contributed by atoms with Gasteiger partial charge in [-0.05, 0) is 40.5 Å². The van der Waals surface area contributed by atoms with Crippen LogP contribution < -0.4 is 32.3 Å². The predicted octanol–water partition coefficient (Wildman–Crippen LogP) is -2.52. The molecule has 236 valence electrons. The van der Waals surface area contributed by atoms with E-state index in [1.807, 2.05) is 0 Å². The van der Waals surface area contributed by atoms with Gasteiger partial charge in [-0.1, -0.05) is 0 Å². The van der Waals surface area contributed by atoms with E-state index in [1.54, 1.807) is 0 Å². The Morgan fingerprint density at radius 2 is 0.951 bits per heavy atom. The van der Waals surface area contributed by atoms with E-state index in [9.17, 15) is 47.7 Å². The lowest BCUT2D eigenvalue weighted by atomic mass is 10.1. The molecule has 0 aliphatic heterocycles. The normalized spacial score (nSPS) is 18.5. The summed E-state index contributed by atoms with van der Waals surface area (Å²) in [6.07, 6.45) is -0.950. The van der Waals surface area contributed by atoms with Crippen LogP contribution in [0.4, 0.5) is 0 Å². The molecule has 0 aliphatic rings. The fourth-order valence-corrected chi connectivity index (χ4v) is 4.51. The van der Waals surface area contributed by atoms with E-state index < -0.39 is 86.5 Å². The maximum atomic E-state index is 12.8. The molecule has 0 aromatic carbocycles. The highest BCUT2D eigenvalue weighted by Crippen LogP contribution is 2.36. The number of hydrogen-bond donors (Lipinski definition) is 9. The average molecular weight is 629 g/mol. The zero-order chi connectivity index (χ0) is 32.3. The minimum atomic E-state index is -3.61. The lowest BCUT2D eigenvalue weighted by Gasteiger charge is -2.24. The molecule has 0 aromatic heterocycles. The minimum absolute atomic E-state index is 0.0932. The van der Waals surface area contributed by atoms with E-state index in [0.717, 1.165) is 13.3 Å². The second-order valence-corrected chi connectivity index (χ2v) is 15.2. The van der Waals surface area contributed by atoms with Crippen molar-refractivity contribution in [3.05, 3.63) is 0 Å². The average Bonchev–Trinajstić information content (AvgIpc) is 2.83. The highest BCUT2D eigenvalue weighted by atomic mass is 31.2. The summed E-state index contributed by atoms with van der Waals surface area (Å²) in [5.74, 6) is -5.42. The lowest BCUT2D eigenvalue weighted by molar-refractivity contribution is -0.141. The second kappa shape index (κ2) is 16.6. The van der Waals surface area contributed by atoms with Gasteiger partial charge in [0.15, 0.2) is 14.7 Å². The number of carbonyl (C=O) groups is 6. The summed E-state index contributed by atoms with van der Waals surface area (Å²) < 4.78 is 23.2. The van der Waals surface area contributed by atoms with Gasteiger partial charge < -0.3 is 47.2 Å².